The van der Waals surface area contributed by atoms with E-state index in [1.165, 1.54) is 12.8 Å². The quantitative estimate of drug-likeness (QED) is 0.845. The minimum Gasteiger partial charge on any atom is -0.383 e. The van der Waals surface area contributed by atoms with Gasteiger partial charge >= 0.3 is 0 Å². The molecule has 0 radical (unpaired) electrons. The molecule has 0 saturated heterocycles. The van der Waals surface area contributed by atoms with E-state index in [9.17, 15) is 0 Å². The Labute approximate surface area is 119 Å². The first-order chi connectivity index (χ1) is 8.65. The summed E-state index contributed by atoms with van der Waals surface area (Å²) >= 11 is 2.24. The molecule has 2 N–H and O–H groups in total. The van der Waals surface area contributed by atoms with Crippen molar-refractivity contribution in [1.82, 2.24) is 15.0 Å². The summed E-state index contributed by atoms with van der Waals surface area (Å²) in [6.07, 6.45) is 4.21. The van der Waals surface area contributed by atoms with Gasteiger partial charge in [-0.05, 0) is 54.5 Å². The SMILES string of the molecule is Cc1ccc(-c2nc(N)c(I)c(C3CC3)n2)cn1. The summed E-state index contributed by atoms with van der Waals surface area (Å²) in [5.74, 6) is 1.82. The van der Waals surface area contributed by atoms with Gasteiger partial charge in [-0.25, -0.2) is 9.97 Å². The van der Waals surface area contributed by atoms with Crippen molar-refractivity contribution in [3.8, 4) is 11.4 Å². The fraction of sp³-hybridized carbons (Fsp3) is 0.308. The Morgan fingerprint density at radius 3 is 2.67 bits per heavy atom. The largest absolute Gasteiger partial charge is 0.383 e. The van der Waals surface area contributed by atoms with Crippen LogP contribution < -0.4 is 5.73 Å². The topological polar surface area (TPSA) is 64.7 Å². The van der Waals surface area contributed by atoms with E-state index in [0.717, 1.165) is 20.5 Å². The summed E-state index contributed by atoms with van der Waals surface area (Å²) in [5.41, 5.74) is 8.98. The number of nitrogens with zero attached hydrogens (tertiary/aromatic N) is 3. The van der Waals surface area contributed by atoms with Crippen molar-refractivity contribution >= 4 is 28.4 Å². The van der Waals surface area contributed by atoms with Crippen LogP contribution in [-0.4, -0.2) is 15.0 Å². The zero-order valence-electron chi connectivity index (χ0n) is 10.0. The van der Waals surface area contributed by atoms with Gasteiger partial charge in [0.05, 0.1) is 9.26 Å². The van der Waals surface area contributed by atoms with Crippen LogP contribution in [0.5, 0.6) is 0 Å². The first-order valence-electron chi connectivity index (χ1n) is 5.91. The van der Waals surface area contributed by atoms with Gasteiger partial charge in [0.1, 0.15) is 5.82 Å². The van der Waals surface area contributed by atoms with Crippen LogP contribution in [-0.2, 0) is 0 Å². The Kier molecular flexibility index (Phi) is 2.93. The van der Waals surface area contributed by atoms with E-state index < -0.39 is 0 Å². The number of rotatable bonds is 2. The third-order valence-electron chi connectivity index (χ3n) is 3.04. The van der Waals surface area contributed by atoms with Crippen molar-refractivity contribution in [2.24, 2.45) is 0 Å². The van der Waals surface area contributed by atoms with Gasteiger partial charge in [-0.1, -0.05) is 0 Å². The molecule has 92 valence electrons. The van der Waals surface area contributed by atoms with Crippen LogP contribution in [0, 0.1) is 10.5 Å². The lowest BCUT2D eigenvalue weighted by molar-refractivity contribution is 0.981. The van der Waals surface area contributed by atoms with Gasteiger partial charge in [-0.3, -0.25) is 4.98 Å². The average molecular weight is 352 g/mol. The summed E-state index contributed by atoms with van der Waals surface area (Å²) in [6, 6.07) is 3.95. The number of aryl methyl sites for hydroxylation is 1. The smallest absolute Gasteiger partial charge is 0.163 e. The Bertz CT molecular complexity index is 591. The van der Waals surface area contributed by atoms with Gasteiger partial charge in [0.15, 0.2) is 5.82 Å². The van der Waals surface area contributed by atoms with Crippen LogP contribution in [0.4, 0.5) is 5.82 Å². The molecule has 2 aromatic heterocycles. The summed E-state index contributed by atoms with van der Waals surface area (Å²) in [5, 5.41) is 0. The first-order valence-corrected chi connectivity index (χ1v) is 6.99. The monoisotopic (exact) mass is 352 g/mol. The molecular formula is C13H13IN4. The van der Waals surface area contributed by atoms with Crippen molar-refractivity contribution in [3.63, 3.8) is 0 Å². The molecule has 1 saturated carbocycles. The molecule has 0 bridgehead atoms. The summed E-state index contributed by atoms with van der Waals surface area (Å²) < 4.78 is 0.999. The second kappa shape index (κ2) is 4.46. The molecule has 0 aliphatic heterocycles. The van der Waals surface area contributed by atoms with E-state index >= 15 is 0 Å². The number of anilines is 1. The molecule has 2 aromatic rings. The summed E-state index contributed by atoms with van der Waals surface area (Å²) in [4.78, 5) is 13.3. The van der Waals surface area contributed by atoms with Gasteiger partial charge in [-0.15, -0.1) is 0 Å². The number of pyridine rings is 1. The summed E-state index contributed by atoms with van der Waals surface area (Å²) in [7, 11) is 0. The molecule has 0 spiro atoms. The number of nitrogens with two attached hydrogens (primary N) is 1. The van der Waals surface area contributed by atoms with Crippen molar-refractivity contribution in [2.45, 2.75) is 25.7 Å². The highest BCUT2D eigenvalue weighted by Gasteiger charge is 2.29. The molecule has 1 aliphatic carbocycles. The molecule has 2 heterocycles. The van der Waals surface area contributed by atoms with Crippen molar-refractivity contribution in [2.75, 3.05) is 5.73 Å². The molecule has 0 atom stereocenters. The lowest BCUT2D eigenvalue weighted by Crippen LogP contribution is -2.04. The number of nitrogen functional groups attached to an aromatic ring is 1. The number of hydrogen-bond donors (Lipinski definition) is 1. The Hall–Kier alpha value is -1.24. The standard InChI is InChI=1S/C13H13IN4/c1-7-2-3-9(6-16-7)13-17-11(8-4-5-8)10(14)12(15)18-13/h2-3,6,8H,4-5H2,1H3,(H2,15,17,18). The Morgan fingerprint density at radius 1 is 1.28 bits per heavy atom. The van der Waals surface area contributed by atoms with Crippen LogP contribution in [0.3, 0.4) is 0 Å². The first kappa shape index (κ1) is 11.8. The number of hydrogen-bond acceptors (Lipinski definition) is 4. The van der Waals surface area contributed by atoms with Crippen molar-refractivity contribution in [3.05, 3.63) is 33.3 Å². The van der Waals surface area contributed by atoms with Crippen LogP contribution in [0.1, 0.15) is 30.1 Å². The van der Waals surface area contributed by atoms with Crippen molar-refractivity contribution < 1.29 is 0 Å². The fourth-order valence-electron chi connectivity index (χ4n) is 1.84. The molecule has 0 amide bonds. The fourth-order valence-corrected chi connectivity index (χ4v) is 2.52. The second-order valence-electron chi connectivity index (χ2n) is 4.59. The normalized spacial score (nSPS) is 14.8. The maximum atomic E-state index is 5.98. The highest BCUT2D eigenvalue weighted by molar-refractivity contribution is 14.1. The number of halogens is 1. The molecular weight excluding hydrogens is 339 g/mol. The van der Waals surface area contributed by atoms with E-state index in [4.69, 9.17) is 5.73 Å². The van der Waals surface area contributed by atoms with Crippen LogP contribution >= 0.6 is 22.6 Å². The molecule has 5 heteroatoms. The van der Waals surface area contributed by atoms with Gasteiger partial charge in [-0.2, -0.15) is 0 Å². The molecule has 18 heavy (non-hydrogen) atoms. The molecule has 3 rings (SSSR count). The maximum absolute atomic E-state index is 5.98. The minimum atomic E-state index is 0.569. The maximum Gasteiger partial charge on any atom is 0.163 e. The zero-order valence-corrected chi connectivity index (χ0v) is 12.2. The molecule has 1 fully saturated rings. The van der Waals surface area contributed by atoms with E-state index in [2.05, 4.69) is 37.5 Å². The van der Waals surface area contributed by atoms with Gasteiger partial charge in [0.25, 0.3) is 0 Å². The van der Waals surface area contributed by atoms with E-state index in [1.54, 1.807) is 6.20 Å². The van der Waals surface area contributed by atoms with Gasteiger partial charge in [0.2, 0.25) is 0 Å². The second-order valence-corrected chi connectivity index (χ2v) is 5.67. The minimum absolute atomic E-state index is 0.569. The zero-order chi connectivity index (χ0) is 12.7. The molecule has 4 nitrogen and oxygen atoms in total. The molecule has 1 aliphatic rings. The van der Waals surface area contributed by atoms with E-state index in [0.29, 0.717) is 17.6 Å². The number of aromatic nitrogens is 3. The Balaban J connectivity index is 2.09. The van der Waals surface area contributed by atoms with Crippen LogP contribution in [0.15, 0.2) is 18.3 Å². The van der Waals surface area contributed by atoms with E-state index in [-0.39, 0.29) is 0 Å². The average Bonchev–Trinajstić information content (AvgIpc) is 3.18. The third-order valence-corrected chi connectivity index (χ3v) is 4.14. The highest BCUT2D eigenvalue weighted by Crippen LogP contribution is 2.42. The predicted octanol–water partition coefficient (Wildman–Crippen LogP) is 2.91. The van der Waals surface area contributed by atoms with E-state index in [1.807, 2.05) is 19.1 Å². The van der Waals surface area contributed by atoms with Crippen LogP contribution in [0.25, 0.3) is 11.4 Å². The third kappa shape index (κ3) is 2.19. The van der Waals surface area contributed by atoms with Gasteiger partial charge in [0, 0.05) is 23.4 Å². The van der Waals surface area contributed by atoms with Gasteiger partial charge < -0.3 is 5.73 Å². The summed E-state index contributed by atoms with van der Waals surface area (Å²) in [6.45, 7) is 1.96. The molecule has 0 aromatic carbocycles. The Morgan fingerprint density at radius 2 is 2.06 bits per heavy atom. The van der Waals surface area contributed by atoms with Crippen LogP contribution in [0.2, 0.25) is 0 Å². The highest BCUT2D eigenvalue weighted by atomic mass is 127. The lowest BCUT2D eigenvalue weighted by atomic mass is 10.2. The predicted molar refractivity (Wildman–Crippen MR) is 79.1 cm³/mol. The molecule has 0 unspecified atom stereocenters. The van der Waals surface area contributed by atoms with Crippen molar-refractivity contribution in [1.29, 1.82) is 0 Å². The lowest BCUT2D eigenvalue weighted by Gasteiger charge is -2.08.